The third kappa shape index (κ3) is 5.06. The number of imidazole rings is 1. The molecule has 0 bridgehead atoms. The van der Waals surface area contributed by atoms with Crippen molar-refractivity contribution < 1.29 is 32.8 Å². The molecule has 3 aromatic carbocycles. The molecular formula is C32H24N4O8. The molecule has 1 fully saturated rings. The summed E-state index contributed by atoms with van der Waals surface area (Å²) in [6, 6.07) is 20.7. The van der Waals surface area contributed by atoms with Crippen molar-refractivity contribution in [1.29, 1.82) is 0 Å². The molecule has 1 saturated carbocycles. The number of aromatic carboxylic acids is 1. The fraction of sp³-hybridized carbons (Fsp3) is 0.188. The van der Waals surface area contributed by atoms with Gasteiger partial charge in [0.05, 0.1) is 16.6 Å². The van der Waals surface area contributed by atoms with Gasteiger partial charge in [0.2, 0.25) is 5.82 Å². The standard InChI is InChI=1S/C32H24N4O8/c1-17-25(43-32(40)42-17)16-41-31(39)23-7-4-8-24-26(23)36(28(33-24)20-13-14-20)15-18-9-11-19(12-10-18)21-5-2-3-6-22(21)27-34-29(30(37)38)44-35-27/h2-12,20H,13-16H2,1H3,(H,37,38). The van der Waals surface area contributed by atoms with Gasteiger partial charge >= 0.3 is 23.7 Å². The van der Waals surface area contributed by atoms with Gasteiger partial charge in [-0.25, -0.2) is 19.4 Å². The third-order valence-electron chi connectivity index (χ3n) is 7.51. The minimum Gasteiger partial charge on any atom is -0.474 e. The zero-order valence-electron chi connectivity index (χ0n) is 23.4. The molecule has 0 atom stereocenters. The van der Waals surface area contributed by atoms with E-state index in [1.54, 1.807) is 19.1 Å². The second-order valence-corrected chi connectivity index (χ2v) is 10.5. The zero-order valence-corrected chi connectivity index (χ0v) is 23.4. The van der Waals surface area contributed by atoms with Crippen LogP contribution in [0.2, 0.25) is 0 Å². The van der Waals surface area contributed by atoms with Crippen LogP contribution in [0.3, 0.4) is 0 Å². The summed E-state index contributed by atoms with van der Waals surface area (Å²) >= 11 is 0. The predicted octanol–water partition coefficient (Wildman–Crippen LogP) is 5.59. The molecule has 0 spiro atoms. The number of carboxylic acids is 1. The largest absolute Gasteiger partial charge is 0.519 e. The lowest BCUT2D eigenvalue weighted by atomic mass is 9.98. The fourth-order valence-electron chi connectivity index (χ4n) is 5.22. The summed E-state index contributed by atoms with van der Waals surface area (Å²) in [5.41, 5.74) is 5.05. The van der Waals surface area contributed by atoms with E-state index in [-0.39, 0.29) is 24.0 Å². The number of carboxylic acid groups (broad SMARTS) is 1. The Morgan fingerprint density at radius 1 is 0.977 bits per heavy atom. The van der Waals surface area contributed by atoms with Crippen LogP contribution in [0.5, 0.6) is 0 Å². The van der Waals surface area contributed by atoms with Crippen LogP contribution >= 0.6 is 0 Å². The van der Waals surface area contributed by atoms with Gasteiger partial charge in [0.25, 0.3) is 0 Å². The van der Waals surface area contributed by atoms with E-state index in [4.69, 9.17) is 23.1 Å². The van der Waals surface area contributed by atoms with Crippen LogP contribution in [0.1, 0.15) is 62.7 Å². The van der Waals surface area contributed by atoms with Gasteiger partial charge in [-0.05, 0) is 48.6 Å². The van der Waals surface area contributed by atoms with E-state index in [0.717, 1.165) is 35.4 Å². The van der Waals surface area contributed by atoms with Crippen LogP contribution in [0.25, 0.3) is 33.5 Å². The number of nitrogens with zero attached hydrogens (tertiary/aromatic N) is 4. The van der Waals surface area contributed by atoms with Crippen molar-refractivity contribution in [3.8, 4) is 22.5 Å². The lowest BCUT2D eigenvalue weighted by Crippen LogP contribution is -2.10. The number of aryl methyl sites for hydroxylation is 1. The van der Waals surface area contributed by atoms with E-state index in [9.17, 15) is 19.5 Å². The van der Waals surface area contributed by atoms with E-state index in [1.165, 1.54) is 0 Å². The summed E-state index contributed by atoms with van der Waals surface area (Å²) in [5, 5.41) is 13.0. The first-order valence-electron chi connectivity index (χ1n) is 13.9. The molecule has 3 heterocycles. The van der Waals surface area contributed by atoms with Gasteiger partial charge < -0.3 is 27.8 Å². The predicted molar refractivity (Wildman–Crippen MR) is 154 cm³/mol. The number of ether oxygens (including phenoxy) is 1. The second kappa shape index (κ2) is 10.8. The Morgan fingerprint density at radius 3 is 2.43 bits per heavy atom. The van der Waals surface area contributed by atoms with Crippen LogP contribution in [0.4, 0.5) is 0 Å². The number of hydrogen-bond donors (Lipinski definition) is 1. The minimum absolute atomic E-state index is 0.158. The van der Waals surface area contributed by atoms with Gasteiger partial charge in [-0.1, -0.05) is 59.8 Å². The van der Waals surface area contributed by atoms with Gasteiger partial charge in [0.15, 0.2) is 18.1 Å². The van der Waals surface area contributed by atoms with E-state index in [0.29, 0.717) is 34.6 Å². The lowest BCUT2D eigenvalue weighted by molar-refractivity contribution is 0.0444. The SMILES string of the molecule is Cc1oc(=O)oc1COC(=O)c1cccc2nc(C3CC3)n(Cc3ccc(-c4ccccc4-c4noc(C(=O)O)n4)cc3)c12. The molecule has 0 saturated heterocycles. The Morgan fingerprint density at radius 2 is 1.75 bits per heavy atom. The van der Waals surface area contributed by atoms with Gasteiger partial charge in [-0.15, -0.1) is 0 Å². The van der Waals surface area contributed by atoms with E-state index in [1.807, 2.05) is 54.6 Å². The molecule has 1 aliphatic rings. The number of benzene rings is 3. The number of carbonyl (C=O) groups excluding carboxylic acids is 1. The Balaban J connectivity index is 1.20. The number of hydrogen-bond acceptors (Lipinski definition) is 10. The molecule has 0 radical (unpaired) electrons. The Bertz CT molecular complexity index is 2100. The van der Waals surface area contributed by atoms with E-state index >= 15 is 0 Å². The van der Waals surface area contributed by atoms with Crippen LogP contribution < -0.4 is 5.82 Å². The monoisotopic (exact) mass is 592 g/mol. The van der Waals surface area contributed by atoms with Crippen molar-refractivity contribution in [3.05, 3.63) is 112 Å². The number of aromatic nitrogens is 4. The second-order valence-electron chi connectivity index (χ2n) is 10.5. The highest BCUT2D eigenvalue weighted by Crippen LogP contribution is 2.41. The van der Waals surface area contributed by atoms with Crippen LogP contribution in [-0.4, -0.2) is 36.7 Å². The van der Waals surface area contributed by atoms with Crippen molar-refractivity contribution in [2.24, 2.45) is 0 Å². The topological polar surface area (TPSA) is 164 Å². The molecular weight excluding hydrogens is 568 g/mol. The maximum Gasteiger partial charge on any atom is 0.519 e. The molecule has 0 unspecified atom stereocenters. The number of carbonyl (C=O) groups is 2. The third-order valence-corrected chi connectivity index (χ3v) is 7.51. The lowest BCUT2D eigenvalue weighted by Gasteiger charge is -2.13. The quantitative estimate of drug-likeness (QED) is 0.208. The average molecular weight is 593 g/mol. The summed E-state index contributed by atoms with van der Waals surface area (Å²) in [6.07, 6.45) is 2.05. The van der Waals surface area contributed by atoms with E-state index < -0.39 is 23.7 Å². The normalized spacial score (nSPS) is 12.9. The van der Waals surface area contributed by atoms with Gasteiger partial charge in [-0.3, -0.25) is 0 Å². The Hall–Kier alpha value is -5.78. The van der Waals surface area contributed by atoms with Crippen molar-refractivity contribution in [2.75, 3.05) is 0 Å². The highest BCUT2D eigenvalue weighted by Gasteiger charge is 2.31. The summed E-state index contributed by atoms with van der Waals surface area (Å²) in [4.78, 5) is 44.8. The molecule has 3 aromatic heterocycles. The average Bonchev–Trinajstić information content (AvgIpc) is 3.48. The van der Waals surface area contributed by atoms with Crippen LogP contribution in [0, 0.1) is 6.92 Å². The summed E-state index contributed by atoms with van der Waals surface area (Å²) < 4.78 is 22.3. The molecule has 220 valence electrons. The number of para-hydroxylation sites is 1. The van der Waals surface area contributed by atoms with Crippen molar-refractivity contribution in [3.63, 3.8) is 0 Å². The molecule has 1 N–H and O–H groups in total. The van der Waals surface area contributed by atoms with Crippen molar-refractivity contribution >= 4 is 23.0 Å². The highest BCUT2D eigenvalue weighted by atomic mass is 16.6. The van der Waals surface area contributed by atoms with Gasteiger partial charge in [-0.2, -0.15) is 4.98 Å². The first kappa shape index (κ1) is 27.1. The zero-order chi connectivity index (χ0) is 30.4. The summed E-state index contributed by atoms with van der Waals surface area (Å²) in [5.74, 6) is -1.35. The number of esters is 1. The maximum atomic E-state index is 13.3. The molecule has 44 heavy (non-hydrogen) atoms. The van der Waals surface area contributed by atoms with Crippen molar-refractivity contribution in [1.82, 2.24) is 19.7 Å². The van der Waals surface area contributed by atoms with Crippen LogP contribution in [-0.2, 0) is 17.9 Å². The molecule has 7 rings (SSSR count). The first-order chi connectivity index (χ1) is 21.4. The number of rotatable bonds is 9. The fourth-order valence-corrected chi connectivity index (χ4v) is 5.22. The first-order valence-corrected chi connectivity index (χ1v) is 13.9. The Kier molecular flexibility index (Phi) is 6.65. The maximum absolute atomic E-state index is 13.3. The number of fused-ring (bicyclic) bond motifs is 1. The minimum atomic E-state index is -1.29. The van der Waals surface area contributed by atoms with Crippen molar-refractivity contribution in [2.45, 2.75) is 38.8 Å². The van der Waals surface area contributed by atoms with Crippen LogP contribution in [0.15, 0.2) is 84.9 Å². The molecule has 12 nitrogen and oxygen atoms in total. The summed E-state index contributed by atoms with van der Waals surface area (Å²) in [7, 11) is 0. The molecule has 12 heteroatoms. The molecule has 1 aliphatic carbocycles. The molecule has 0 amide bonds. The smallest absolute Gasteiger partial charge is 0.474 e. The van der Waals surface area contributed by atoms with E-state index in [2.05, 4.69) is 14.7 Å². The van der Waals surface area contributed by atoms with Gasteiger partial charge in [0, 0.05) is 18.0 Å². The van der Waals surface area contributed by atoms with Gasteiger partial charge in [0.1, 0.15) is 5.82 Å². The summed E-state index contributed by atoms with van der Waals surface area (Å²) in [6.45, 7) is 1.80. The Labute approximate surface area is 248 Å². The molecule has 6 aromatic rings. The molecule has 0 aliphatic heterocycles. The highest BCUT2D eigenvalue weighted by molar-refractivity contribution is 6.02.